The maximum absolute atomic E-state index is 12.6. The van der Waals surface area contributed by atoms with Crippen molar-refractivity contribution in [2.45, 2.75) is 12.5 Å². The molecular formula is C21H17ClNO2+. The summed E-state index contributed by atoms with van der Waals surface area (Å²) in [6.07, 6.45) is 3.84. The van der Waals surface area contributed by atoms with Gasteiger partial charge in [0.2, 0.25) is 0 Å². The van der Waals surface area contributed by atoms with Crippen molar-refractivity contribution < 1.29 is 14.2 Å². The van der Waals surface area contributed by atoms with Gasteiger partial charge in [-0.15, -0.1) is 12.4 Å². The number of ketones is 2. The number of aromatic nitrogens is 1. The second-order valence-corrected chi connectivity index (χ2v) is 6.00. The number of Topliss-reactive ketones (excluding diaryl/α,β-unsaturated/α-hetero) is 2. The molecule has 4 heteroatoms. The standard InChI is InChI=1S/C21H16NO2.ClH/c23-20-17-8-4-5-9-18(17)21(24)19(20)16-10-12-22(13-11-16)14-15-6-2-1-3-7-15;/h1-13,19H,14H2;1H/q+1;. The van der Waals surface area contributed by atoms with Gasteiger partial charge in [-0.05, 0) is 5.56 Å². The predicted molar refractivity (Wildman–Crippen MR) is 97.3 cm³/mol. The fraction of sp³-hybridized carbons (Fsp3) is 0.0952. The Hall–Kier alpha value is -2.78. The van der Waals surface area contributed by atoms with E-state index in [9.17, 15) is 9.59 Å². The number of hydrogen-bond donors (Lipinski definition) is 0. The van der Waals surface area contributed by atoms with Crippen molar-refractivity contribution in [3.05, 3.63) is 101 Å². The first-order valence-electron chi connectivity index (χ1n) is 7.94. The number of nitrogens with zero attached hydrogens (tertiary/aromatic N) is 1. The molecule has 124 valence electrons. The molecule has 3 aromatic rings. The highest BCUT2D eigenvalue weighted by molar-refractivity contribution is 6.29. The topological polar surface area (TPSA) is 38.0 Å². The fourth-order valence-electron chi connectivity index (χ4n) is 3.21. The number of carbonyl (C=O) groups excluding carboxylic acids is 2. The third-order valence-electron chi connectivity index (χ3n) is 4.44. The first-order valence-corrected chi connectivity index (χ1v) is 7.94. The SMILES string of the molecule is Cl.O=C1c2ccccc2C(=O)C1c1cc[n+](Cc2ccccc2)cc1. The Bertz CT molecular complexity index is 885. The molecule has 1 heterocycles. The Morgan fingerprint density at radius 3 is 1.80 bits per heavy atom. The zero-order valence-electron chi connectivity index (χ0n) is 13.5. The molecular weight excluding hydrogens is 334 g/mol. The molecule has 3 nitrogen and oxygen atoms in total. The monoisotopic (exact) mass is 350 g/mol. The highest BCUT2D eigenvalue weighted by Gasteiger charge is 2.39. The van der Waals surface area contributed by atoms with E-state index < -0.39 is 5.92 Å². The van der Waals surface area contributed by atoms with E-state index in [-0.39, 0.29) is 24.0 Å². The van der Waals surface area contributed by atoms with Crippen LogP contribution in [0.3, 0.4) is 0 Å². The molecule has 0 spiro atoms. The van der Waals surface area contributed by atoms with E-state index in [0.29, 0.717) is 11.1 Å². The van der Waals surface area contributed by atoms with Crippen LogP contribution in [0, 0.1) is 0 Å². The smallest absolute Gasteiger partial charge is 0.178 e. The molecule has 1 aromatic heterocycles. The van der Waals surface area contributed by atoms with Crippen LogP contribution in [0.15, 0.2) is 79.1 Å². The van der Waals surface area contributed by atoms with Crippen LogP contribution in [0.5, 0.6) is 0 Å². The predicted octanol–water partition coefficient (Wildman–Crippen LogP) is 3.61. The molecule has 0 aliphatic heterocycles. The summed E-state index contributed by atoms with van der Waals surface area (Å²) in [5.41, 5.74) is 3.03. The Morgan fingerprint density at radius 1 is 0.720 bits per heavy atom. The number of carbonyl (C=O) groups is 2. The van der Waals surface area contributed by atoms with Gasteiger partial charge < -0.3 is 0 Å². The largest absolute Gasteiger partial charge is 0.293 e. The second kappa shape index (κ2) is 6.99. The number of fused-ring (bicyclic) bond motifs is 1. The van der Waals surface area contributed by atoms with Crippen molar-refractivity contribution >= 4 is 24.0 Å². The van der Waals surface area contributed by atoms with Crippen molar-refractivity contribution in [3.8, 4) is 0 Å². The first kappa shape index (κ1) is 17.1. The molecule has 0 bridgehead atoms. The van der Waals surface area contributed by atoms with E-state index in [1.807, 2.05) is 47.3 Å². The molecule has 4 rings (SSSR count). The minimum atomic E-state index is -0.700. The lowest BCUT2D eigenvalue weighted by molar-refractivity contribution is -0.688. The van der Waals surface area contributed by atoms with Crippen LogP contribution in [0.25, 0.3) is 0 Å². The van der Waals surface area contributed by atoms with Crippen LogP contribution < -0.4 is 4.57 Å². The third-order valence-corrected chi connectivity index (χ3v) is 4.44. The highest BCUT2D eigenvalue weighted by atomic mass is 35.5. The van der Waals surface area contributed by atoms with E-state index in [4.69, 9.17) is 0 Å². The highest BCUT2D eigenvalue weighted by Crippen LogP contribution is 2.33. The second-order valence-electron chi connectivity index (χ2n) is 6.00. The Kier molecular flexibility index (Phi) is 4.77. The van der Waals surface area contributed by atoms with Crippen LogP contribution in [0.4, 0.5) is 0 Å². The van der Waals surface area contributed by atoms with Gasteiger partial charge in [-0.1, -0.05) is 54.6 Å². The van der Waals surface area contributed by atoms with Gasteiger partial charge in [-0.2, -0.15) is 0 Å². The molecule has 1 aliphatic carbocycles. The number of halogens is 1. The lowest BCUT2D eigenvalue weighted by atomic mass is 9.95. The summed E-state index contributed by atoms with van der Waals surface area (Å²) in [6.45, 7) is 0.758. The first-order chi connectivity index (χ1) is 11.7. The summed E-state index contributed by atoms with van der Waals surface area (Å²) in [7, 11) is 0. The van der Waals surface area contributed by atoms with Crippen molar-refractivity contribution in [1.82, 2.24) is 0 Å². The quantitative estimate of drug-likeness (QED) is 0.534. The van der Waals surface area contributed by atoms with Crippen LogP contribution in [-0.2, 0) is 6.54 Å². The van der Waals surface area contributed by atoms with Crippen molar-refractivity contribution in [2.75, 3.05) is 0 Å². The average molecular weight is 351 g/mol. The third kappa shape index (κ3) is 3.11. The molecule has 0 fully saturated rings. The molecule has 0 saturated carbocycles. The zero-order chi connectivity index (χ0) is 16.5. The summed E-state index contributed by atoms with van der Waals surface area (Å²) < 4.78 is 2.04. The normalized spacial score (nSPS) is 13.4. The molecule has 0 radical (unpaired) electrons. The van der Waals surface area contributed by atoms with Crippen LogP contribution in [0.2, 0.25) is 0 Å². The average Bonchev–Trinajstić information content (AvgIpc) is 2.88. The van der Waals surface area contributed by atoms with Crippen LogP contribution in [0.1, 0.15) is 37.8 Å². The number of pyridine rings is 1. The van der Waals surface area contributed by atoms with Crippen molar-refractivity contribution in [2.24, 2.45) is 0 Å². The summed E-state index contributed by atoms with van der Waals surface area (Å²) >= 11 is 0. The van der Waals surface area contributed by atoms with E-state index >= 15 is 0 Å². The fourth-order valence-corrected chi connectivity index (χ4v) is 3.21. The van der Waals surface area contributed by atoms with E-state index in [0.717, 1.165) is 12.1 Å². The maximum Gasteiger partial charge on any atom is 0.178 e. The molecule has 0 N–H and O–H groups in total. The summed E-state index contributed by atoms with van der Waals surface area (Å²) in [4.78, 5) is 25.1. The molecule has 1 aliphatic rings. The number of rotatable bonds is 3. The Labute approximate surface area is 152 Å². The molecule has 0 amide bonds. The van der Waals surface area contributed by atoms with Crippen molar-refractivity contribution in [3.63, 3.8) is 0 Å². The minimum absolute atomic E-state index is 0. The minimum Gasteiger partial charge on any atom is -0.293 e. The molecule has 2 aromatic carbocycles. The van der Waals surface area contributed by atoms with Gasteiger partial charge in [0.05, 0.1) is 0 Å². The maximum atomic E-state index is 12.6. The van der Waals surface area contributed by atoms with Gasteiger partial charge in [0.15, 0.2) is 30.5 Å². The van der Waals surface area contributed by atoms with Gasteiger partial charge in [0.25, 0.3) is 0 Å². The lowest BCUT2D eigenvalue weighted by Crippen LogP contribution is -2.33. The van der Waals surface area contributed by atoms with Gasteiger partial charge in [-0.25, -0.2) is 4.57 Å². The van der Waals surface area contributed by atoms with E-state index in [2.05, 4.69) is 12.1 Å². The molecule has 0 atom stereocenters. The number of benzene rings is 2. The molecule has 0 saturated heterocycles. The van der Waals surface area contributed by atoms with E-state index in [1.165, 1.54) is 5.56 Å². The summed E-state index contributed by atoms with van der Waals surface area (Å²) in [5, 5.41) is 0. The molecule has 0 unspecified atom stereocenters. The van der Waals surface area contributed by atoms with E-state index in [1.54, 1.807) is 24.3 Å². The van der Waals surface area contributed by atoms with Gasteiger partial charge in [-0.3, -0.25) is 9.59 Å². The van der Waals surface area contributed by atoms with Crippen molar-refractivity contribution in [1.29, 1.82) is 0 Å². The van der Waals surface area contributed by atoms with Gasteiger partial charge in [0, 0.05) is 28.8 Å². The van der Waals surface area contributed by atoms with Gasteiger partial charge in [0.1, 0.15) is 5.92 Å². The summed E-state index contributed by atoms with van der Waals surface area (Å²) in [6, 6.07) is 21.0. The summed E-state index contributed by atoms with van der Waals surface area (Å²) in [5.74, 6) is -0.901. The number of hydrogen-bond acceptors (Lipinski definition) is 2. The Morgan fingerprint density at radius 2 is 1.24 bits per heavy atom. The van der Waals surface area contributed by atoms with Crippen LogP contribution >= 0.6 is 12.4 Å². The zero-order valence-corrected chi connectivity index (χ0v) is 14.3. The molecule has 25 heavy (non-hydrogen) atoms. The van der Waals surface area contributed by atoms with Gasteiger partial charge >= 0.3 is 0 Å². The van der Waals surface area contributed by atoms with Crippen LogP contribution in [-0.4, -0.2) is 11.6 Å². The lowest BCUT2D eigenvalue weighted by Gasteiger charge is -2.06. The Balaban J connectivity index is 0.00000182.